The number of carbonyl (C=O) groups excluding carboxylic acids is 1. The van der Waals surface area contributed by atoms with Crippen molar-refractivity contribution in [3.05, 3.63) is 64.8 Å². The van der Waals surface area contributed by atoms with Gasteiger partial charge in [0.15, 0.2) is 11.5 Å². The van der Waals surface area contributed by atoms with E-state index in [1.165, 1.54) is 6.07 Å². The van der Waals surface area contributed by atoms with Gasteiger partial charge < -0.3 is 14.4 Å². The topological polar surface area (TPSA) is 51.7 Å². The van der Waals surface area contributed by atoms with E-state index in [0.29, 0.717) is 17.9 Å². The summed E-state index contributed by atoms with van der Waals surface area (Å²) < 4.78 is 35.1. The van der Waals surface area contributed by atoms with Crippen molar-refractivity contribution < 1.29 is 23.0 Å². The minimum absolute atomic E-state index is 0.0329. The highest BCUT2D eigenvalue weighted by Gasteiger charge is 2.18. The molecule has 0 atom stereocenters. The first-order chi connectivity index (χ1) is 14.3. The maximum atomic E-state index is 13.0. The Hall–Kier alpha value is -3.22. The van der Waals surface area contributed by atoms with Gasteiger partial charge >= 0.3 is 6.61 Å². The van der Waals surface area contributed by atoms with Gasteiger partial charge in [-0.2, -0.15) is 8.78 Å². The van der Waals surface area contributed by atoms with Crippen LogP contribution in [-0.4, -0.2) is 36.1 Å². The Balaban J connectivity index is 1.83. The van der Waals surface area contributed by atoms with Crippen LogP contribution in [0.3, 0.4) is 0 Å². The Morgan fingerprint density at radius 2 is 1.87 bits per heavy atom. The largest absolute Gasteiger partial charge is 0.490 e. The van der Waals surface area contributed by atoms with Crippen LogP contribution < -0.4 is 9.47 Å². The first kappa shape index (κ1) is 21.5. The molecule has 0 aliphatic rings. The van der Waals surface area contributed by atoms with Gasteiger partial charge in [-0.3, -0.25) is 9.78 Å². The normalized spacial score (nSPS) is 11.0. The highest BCUT2D eigenvalue weighted by Crippen LogP contribution is 2.30. The third kappa shape index (κ3) is 4.84. The predicted octanol–water partition coefficient (Wildman–Crippen LogP) is 5.12. The minimum Gasteiger partial charge on any atom is -0.490 e. The van der Waals surface area contributed by atoms with Crippen molar-refractivity contribution in [3.8, 4) is 11.5 Å². The molecule has 0 saturated heterocycles. The van der Waals surface area contributed by atoms with Crippen LogP contribution in [0.25, 0.3) is 10.9 Å². The summed E-state index contributed by atoms with van der Waals surface area (Å²) >= 11 is 0. The summed E-state index contributed by atoms with van der Waals surface area (Å²) in [6.45, 7) is 3.21. The second kappa shape index (κ2) is 9.07. The summed E-state index contributed by atoms with van der Waals surface area (Å²) in [4.78, 5) is 19.2. The smallest absolute Gasteiger partial charge is 0.387 e. The van der Waals surface area contributed by atoms with E-state index in [-0.39, 0.29) is 24.0 Å². The third-order valence-electron chi connectivity index (χ3n) is 4.68. The Bertz CT molecular complexity index is 1070. The molecule has 0 N–H and O–H groups in total. The average Bonchev–Trinajstić information content (AvgIpc) is 2.68. The van der Waals surface area contributed by atoms with Crippen LogP contribution in [0, 0.1) is 13.8 Å². The van der Waals surface area contributed by atoms with Crippen LogP contribution in [0.4, 0.5) is 8.78 Å². The lowest BCUT2D eigenvalue weighted by molar-refractivity contribution is -0.0514. The molecule has 0 unspecified atom stereocenters. The molecule has 0 saturated carbocycles. The fourth-order valence-electron chi connectivity index (χ4n) is 3.25. The maximum Gasteiger partial charge on any atom is 0.387 e. The number of alkyl halides is 2. The molecular formula is C23H24F2N2O3. The van der Waals surface area contributed by atoms with E-state index in [1.54, 1.807) is 31.0 Å². The molecule has 0 aliphatic heterocycles. The number of hydrogen-bond acceptors (Lipinski definition) is 4. The number of fused-ring (bicyclic) bond motifs is 1. The van der Waals surface area contributed by atoms with E-state index in [1.807, 2.05) is 38.1 Å². The summed E-state index contributed by atoms with van der Waals surface area (Å²) in [5, 5.41) is 0.898. The number of benzene rings is 2. The third-order valence-corrected chi connectivity index (χ3v) is 4.68. The molecule has 1 amide bonds. The fraction of sp³-hybridized carbons (Fsp3) is 0.304. The lowest BCUT2D eigenvalue weighted by Crippen LogP contribution is -2.27. The van der Waals surface area contributed by atoms with E-state index >= 15 is 0 Å². The second-order valence-electron chi connectivity index (χ2n) is 7.07. The summed E-state index contributed by atoms with van der Waals surface area (Å²) in [5.74, 6) is 0.0119. The number of aryl methyl sites for hydroxylation is 2. The molecular weight excluding hydrogens is 390 g/mol. The monoisotopic (exact) mass is 414 g/mol. The summed E-state index contributed by atoms with van der Waals surface area (Å²) in [5.41, 5.74) is 3.87. The Morgan fingerprint density at radius 3 is 2.57 bits per heavy atom. The van der Waals surface area contributed by atoms with E-state index < -0.39 is 6.61 Å². The molecule has 3 rings (SSSR count). The van der Waals surface area contributed by atoms with E-state index in [2.05, 4.69) is 9.72 Å². The zero-order valence-corrected chi connectivity index (χ0v) is 17.4. The fourth-order valence-corrected chi connectivity index (χ4v) is 3.25. The number of nitrogens with zero attached hydrogens (tertiary/aromatic N) is 2. The van der Waals surface area contributed by atoms with Crippen LogP contribution >= 0.6 is 0 Å². The molecule has 3 aromatic rings. The molecule has 0 spiro atoms. The Labute approximate surface area is 174 Å². The number of carbonyl (C=O) groups is 1. The SMILES string of the molecule is CCOc1cc(CN(C)C(=O)c2cc3ccc(C)cc3nc2C)ccc1OC(F)F. The average molecular weight is 414 g/mol. The highest BCUT2D eigenvalue weighted by atomic mass is 19.3. The lowest BCUT2D eigenvalue weighted by atomic mass is 10.1. The van der Waals surface area contributed by atoms with Gasteiger partial charge in [0.25, 0.3) is 5.91 Å². The molecule has 158 valence electrons. The van der Waals surface area contributed by atoms with Gasteiger partial charge in [0.2, 0.25) is 0 Å². The number of halogens is 2. The molecule has 0 bridgehead atoms. The molecule has 30 heavy (non-hydrogen) atoms. The van der Waals surface area contributed by atoms with Crippen molar-refractivity contribution in [1.82, 2.24) is 9.88 Å². The van der Waals surface area contributed by atoms with Gasteiger partial charge in [-0.05, 0) is 56.2 Å². The highest BCUT2D eigenvalue weighted by molar-refractivity contribution is 5.98. The number of hydrogen-bond donors (Lipinski definition) is 0. The molecule has 1 heterocycles. The van der Waals surface area contributed by atoms with E-state index in [4.69, 9.17) is 4.74 Å². The number of pyridine rings is 1. The quantitative estimate of drug-likeness (QED) is 0.538. The first-order valence-corrected chi connectivity index (χ1v) is 9.62. The molecule has 1 aromatic heterocycles. The molecule has 2 aromatic carbocycles. The lowest BCUT2D eigenvalue weighted by Gasteiger charge is -2.20. The van der Waals surface area contributed by atoms with Gasteiger partial charge in [-0.1, -0.05) is 18.2 Å². The molecule has 0 radical (unpaired) electrons. The van der Waals surface area contributed by atoms with Gasteiger partial charge in [0.1, 0.15) is 0 Å². The van der Waals surface area contributed by atoms with Crippen LogP contribution in [0.15, 0.2) is 42.5 Å². The minimum atomic E-state index is -2.94. The van der Waals surface area contributed by atoms with Gasteiger partial charge in [0, 0.05) is 19.0 Å². The number of amides is 1. The number of rotatable bonds is 7. The molecule has 0 aliphatic carbocycles. The number of ether oxygens (including phenoxy) is 2. The maximum absolute atomic E-state index is 13.0. The summed E-state index contributed by atoms with van der Waals surface area (Å²) in [7, 11) is 1.69. The summed E-state index contributed by atoms with van der Waals surface area (Å²) in [6, 6.07) is 12.4. The molecule has 0 fully saturated rings. The molecule has 7 heteroatoms. The Kier molecular flexibility index (Phi) is 6.50. The Morgan fingerprint density at radius 1 is 1.10 bits per heavy atom. The zero-order valence-electron chi connectivity index (χ0n) is 17.4. The van der Waals surface area contributed by atoms with Gasteiger partial charge in [0.05, 0.1) is 23.4 Å². The van der Waals surface area contributed by atoms with E-state index in [0.717, 1.165) is 22.0 Å². The first-order valence-electron chi connectivity index (χ1n) is 9.62. The van der Waals surface area contributed by atoms with Crippen molar-refractivity contribution in [3.63, 3.8) is 0 Å². The zero-order chi connectivity index (χ0) is 21.8. The van der Waals surface area contributed by atoms with Crippen molar-refractivity contribution >= 4 is 16.8 Å². The van der Waals surface area contributed by atoms with Gasteiger partial charge in [-0.25, -0.2) is 0 Å². The van der Waals surface area contributed by atoms with Crippen LogP contribution in [0.5, 0.6) is 11.5 Å². The summed E-state index contributed by atoms with van der Waals surface area (Å²) in [6.07, 6.45) is 0. The van der Waals surface area contributed by atoms with Crippen LogP contribution in [-0.2, 0) is 6.54 Å². The predicted molar refractivity (Wildman–Crippen MR) is 111 cm³/mol. The van der Waals surface area contributed by atoms with Crippen molar-refractivity contribution in [2.45, 2.75) is 33.9 Å². The van der Waals surface area contributed by atoms with Crippen LogP contribution in [0.2, 0.25) is 0 Å². The second-order valence-corrected chi connectivity index (χ2v) is 7.07. The molecule has 5 nitrogen and oxygen atoms in total. The van der Waals surface area contributed by atoms with E-state index in [9.17, 15) is 13.6 Å². The van der Waals surface area contributed by atoms with Crippen LogP contribution in [0.1, 0.15) is 34.1 Å². The standard InChI is InChI=1S/C23H24F2N2O3/c1-5-29-21-11-16(7-9-20(21)30-23(24)25)13-27(4)22(28)18-12-17-8-6-14(2)10-19(17)26-15(18)3/h6-12,23H,5,13H2,1-4H3. The number of aromatic nitrogens is 1. The van der Waals surface area contributed by atoms with Gasteiger partial charge in [-0.15, -0.1) is 0 Å². The van der Waals surface area contributed by atoms with Crippen molar-refractivity contribution in [2.24, 2.45) is 0 Å². The van der Waals surface area contributed by atoms with Crippen molar-refractivity contribution in [2.75, 3.05) is 13.7 Å². The van der Waals surface area contributed by atoms with Crippen molar-refractivity contribution in [1.29, 1.82) is 0 Å².